The Morgan fingerprint density at radius 3 is 2.84 bits per heavy atom. The molecular weight excluding hydrogens is 318 g/mol. The van der Waals surface area contributed by atoms with Crippen molar-refractivity contribution in [2.75, 3.05) is 25.0 Å². The Hall–Kier alpha value is -2.83. The maximum Gasteiger partial charge on any atom is 0.227 e. The van der Waals surface area contributed by atoms with Gasteiger partial charge in [-0.05, 0) is 38.1 Å². The number of anilines is 1. The van der Waals surface area contributed by atoms with Crippen molar-refractivity contribution < 1.29 is 9.21 Å². The minimum atomic E-state index is -0.0861. The van der Waals surface area contributed by atoms with E-state index in [1.54, 1.807) is 12.3 Å². The zero-order valence-corrected chi connectivity index (χ0v) is 14.7. The monoisotopic (exact) mass is 343 g/mol. The molecule has 0 aliphatic heterocycles. The zero-order chi connectivity index (χ0) is 17.9. The van der Waals surface area contributed by atoms with Gasteiger partial charge in [0.2, 0.25) is 5.91 Å². The Kier molecular flexibility index (Phi) is 7.49. The molecule has 0 saturated carbocycles. The first-order valence-corrected chi connectivity index (χ1v) is 8.45. The van der Waals surface area contributed by atoms with Crippen LogP contribution >= 0.6 is 0 Å². The number of carbonyl (C=O) groups is 1. The van der Waals surface area contributed by atoms with Gasteiger partial charge in [0.1, 0.15) is 11.6 Å². The molecule has 2 aromatic heterocycles. The third-order valence-electron chi connectivity index (χ3n) is 3.35. The molecule has 0 aliphatic carbocycles. The van der Waals surface area contributed by atoms with Gasteiger partial charge >= 0.3 is 0 Å². The van der Waals surface area contributed by atoms with Gasteiger partial charge in [0, 0.05) is 38.2 Å². The predicted molar refractivity (Wildman–Crippen MR) is 98.6 cm³/mol. The molecule has 0 aliphatic rings. The highest BCUT2D eigenvalue weighted by molar-refractivity contribution is 5.90. The molecule has 0 spiro atoms. The van der Waals surface area contributed by atoms with Crippen LogP contribution in [0, 0.1) is 6.92 Å². The van der Waals surface area contributed by atoms with E-state index in [9.17, 15) is 4.79 Å². The second-order valence-electron chi connectivity index (χ2n) is 5.48. The van der Waals surface area contributed by atoms with Gasteiger partial charge in [0.15, 0.2) is 5.96 Å². The number of nitrogens with one attached hydrogen (secondary N) is 3. The highest BCUT2D eigenvalue weighted by Gasteiger charge is 2.04. The summed E-state index contributed by atoms with van der Waals surface area (Å²) in [6, 6.07) is 9.33. The standard InChI is InChI=1S/C18H25N5O2/c1-3-19-18(20-11-9-15-7-5-13-25-15)21-12-10-17(24)23-16-8-4-6-14(2)22-16/h4-8,13H,3,9-12H2,1-2H3,(H2,19,20,21)(H,22,23,24). The highest BCUT2D eigenvalue weighted by Crippen LogP contribution is 2.04. The van der Waals surface area contributed by atoms with Crippen molar-refractivity contribution in [3.63, 3.8) is 0 Å². The Morgan fingerprint density at radius 2 is 2.12 bits per heavy atom. The quantitative estimate of drug-likeness (QED) is 0.504. The second kappa shape index (κ2) is 10.1. The van der Waals surface area contributed by atoms with Crippen LogP contribution < -0.4 is 16.0 Å². The Labute approximate surface area is 147 Å². The van der Waals surface area contributed by atoms with E-state index in [1.807, 2.05) is 38.1 Å². The summed E-state index contributed by atoms with van der Waals surface area (Å²) in [5, 5.41) is 9.10. The largest absolute Gasteiger partial charge is 0.469 e. The number of hydrogen-bond donors (Lipinski definition) is 3. The molecule has 0 radical (unpaired) electrons. The van der Waals surface area contributed by atoms with Crippen molar-refractivity contribution in [3.05, 3.63) is 48.0 Å². The van der Waals surface area contributed by atoms with Crippen molar-refractivity contribution in [1.82, 2.24) is 15.6 Å². The number of aryl methyl sites for hydroxylation is 1. The Morgan fingerprint density at radius 1 is 1.24 bits per heavy atom. The number of furan rings is 1. The van der Waals surface area contributed by atoms with Crippen LogP contribution in [0.3, 0.4) is 0 Å². The third-order valence-corrected chi connectivity index (χ3v) is 3.35. The fourth-order valence-electron chi connectivity index (χ4n) is 2.19. The lowest BCUT2D eigenvalue weighted by atomic mass is 10.3. The third kappa shape index (κ3) is 7.07. The van der Waals surface area contributed by atoms with Gasteiger partial charge in [-0.15, -0.1) is 0 Å². The van der Waals surface area contributed by atoms with Gasteiger partial charge in [-0.1, -0.05) is 6.07 Å². The molecule has 2 heterocycles. The van der Waals surface area contributed by atoms with E-state index in [0.717, 1.165) is 24.4 Å². The molecule has 7 heteroatoms. The van der Waals surface area contributed by atoms with E-state index < -0.39 is 0 Å². The number of hydrogen-bond acceptors (Lipinski definition) is 4. The van der Waals surface area contributed by atoms with Crippen molar-refractivity contribution in [3.8, 4) is 0 Å². The molecule has 0 bridgehead atoms. The lowest BCUT2D eigenvalue weighted by molar-refractivity contribution is -0.116. The molecule has 25 heavy (non-hydrogen) atoms. The number of carbonyl (C=O) groups excluding carboxylic acids is 1. The Balaban J connectivity index is 1.73. The molecule has 0 aromatic carbocycles. The van der Waals surface area contributed by atoms with Crippen molar-refractivity contribution in [2.45, 2.75) is 26.7 Å². The van der Waals surface area contributed by atoms with E-state index >= 15 is 0 Å². The predicted octanol–water partition coefficient (Wildman–Crippen LogP) is 2.11. The van der Waals surface area contributed by atoms with Crippen LogP contribution in [0.15, 0.2) is 46.0 Å². The van der Waals surface area contributed by atoms with Crippen LogP contribution in [0.2, 0.25) is 0 Å². The first-order valence-electron chi connectivity index (χ1n) is 8.45. The van der Waals surface area contributed by atoms with E-state index in [0.29, 0.717) is 31.3 Å². The van der Waals surface area contributed by atoms with Gasteiger partial charge in [-0.2, -0.15) is 0 Å². The van der Waals surface area contributed by atoms with Crippen LogP contribution in [0.5, 0.6) is 0 Å². The maximum atomic E-state index is 12.0. The van der Waals surface area contributed by atoms with Gasteiger partial charge in [0.25, 0.3) is 0 Å². The topological polar surface area (TPSA) is 91.5 Å². The first kappa shape index (κ1) is 18.5. The van der Waals surface area contributed by atoms with Gasteiger partial charge in [-0.25, -0.2) is 4.98 Å². The summed E-state index contributed by atoms with van der Waals surface area (Å²) in [6.45, 7) is 5.75. The molecule has 0 atom stereocenters. The molecule has 1 amide bonds. The second-order valence-corrected chi connectivity index (χ2v) is 5.48. The summed E-state index contributed by atoms with van der Waals surface area (Å²) < 4.78 is 5.28. The minimum absolute atomic E-state index is 0.0861. The van der Waals surface area contributed by atoms with Crippen molar-refractivity contribution in [1.29, 1.82) is 0 Å². The molecule has 0 fully saturated rings. The minimum Gasteiger partial charge on any atom is -0.469 e. The van der Waals surface area contributed by atoms with Gasteiger partial charge in [0.05, 0.1) is 6.26 Å². The summed E-state index contributed by atoms with van der Waals surface area (Å²) >= 11 is 0. The SMILES string of the molecule is CCNC(=NCCc1ccco1)NCCC(=O)Nc1cccc(C)n1. The summed E-state index contributed by atoms with van der Waals surface area (Å²) in [6.07, 6.45) is 2.73. The molecule has 7 nitrogen and oxygen atoms in total. The van der Waals surface area contributed by atoms with Crippen molar-refractivity contribution in [2.24, 2.45) is 4.99 Å². The van der Waals surface area contributed by atoms with Crippen LogP contribution in [0.4, 0.5) is 5.82 Å². The number of pyridine rings is 1. The number of amides is 1. The van der Waals surface area contributed by atoms with E-state index in [4.69, 9.17) is 4.42 Å². The molecule has 0 unspecified atom stereocenters. The lowest BCUT2D eigenvalue weighted by Crippen LogP contribution is -2.38. The molecule has 134 valence electrons. The zero-order valence-electron chi connectivity index (χ0n) is 14.7. The average molecular weight is 343 g/mol. The van der Waals surface area contributed by atoms with E-state index in [2.05, 4.69) is 25.9 Å². The average Bonchev–Trinajstić information content (AvgIpc) is 3.08. The van der Waals surface area contributed by atoms with Crippen LogP contribution in [0.1, 0.15) is 24.8 Å². The fraction of sp³-hybridized carbons (Fsp3) is 0.389. The highest BCUT2D eigenvalue weighted by atomic mass is 16.3. The number of nitrogens with zero attached hydrogens (tertiary/aromatic N) is 2. The van der Waals surface area contributed by atoms with Crippen molar-refractivity contribution >= 4 is 17.7 Å². The number of guanidine groups is 1. The number of aromatic nitrogens is 1. The normalized spacial score (nSPS) is 11.2. The summed E-state index contributed by atoms with van der Waals surface area (Å²) in [5.74, 6) is 2.08. The van der Waals surface area contributed by atoms with E-state index in [-0.39, 0.29) is 5.91 Å². The lowest BCUT2D eigenvalue weighted by Gasteiger charge is -2.11. The van der Waals surface area contributed by atoms with Crippen LogP contribution in [-0.2, 0) is 11.2 Å². The first-order chi connectivity index (χ1) is 12.2. The van der Waals surface area contributed by atoms with Crippen LogP contribution in [0.25, 0.3) is 0 Å². The molecule has 2 rings (SSSR count). The van der Waals surface area contributed by atoms with Gasteiger partial charge < -0.3 is 20.4 Å². The Bertz CT molecular complexity index is 683. The molecule has 0 saturated heterocycles. The van der Waals surface area contributed by atoms with Gasteiger partial charge in [-0.3, -0.25) is 9.79 Å². The summed E-state index contributed by atoms with van der Waals surface area (Å²) in [5.41, 5.74) is 0.869. The smallest absolute Gasteiger partial charge is 0.227 e. The fourth-order valence-corrected chi connectivity index (χ4v) is 2.19. The van der Waals surface area contributed by atoms with E-state index in [1.165, 1.54) is 0 Å². The number of rotatable bonds is 8. The summed E-state index contributed by atoms with van der Waals surface area (Å²) in [4.78, 5) is 20.7. The molecule has 3 N–H and O–H groups in total. The number of aliphatic imine (C=N–C) groups is 1. The maximum absolute atomic E-state index is 12.0. The molecular formula is C18H25N5O2. The molecule has 2 aromatic rings. The summed E-state index contributed by atoms with van der Waals surface area (Å²) in [7, 11) is 0. The van der Waals surface area contributed by atoms with Crippen LogP contribution in [-0.4, -0.2) is 36.5 Å².